The van der Waals surface area contributed by atoms with Crippen LogP contribution in [0.2, 0.25) is 0 Å². The Labute approximate surface area is 119 Å². The summed E-state index contributed by atoms with van der Waals surface area (Å²) in [6, 6.07) is 2.08. The van der Waals surface area contributed by atoms with Gasteiger partial charge in [-0.1, -0.05) is 0 Å². The van der Waals surface area contributed by atoms with E-state index in [2.05, 4.69) is 15.5 Å². The normalized spacial score (nSPS) is 18.3. The maximum Gasteiger partial charge on any atom is 0.343 e. The molecule has 2 aromatic heterocycles. The van der Waals surface area contributed by atoms with Gasteiger partial charge < -0.3 is 5.32 Å². The molecule has 0 fully saturated rings. The molecule has 2 N–H and O–H groups in total. The Hall–Kier alpha value is -1.89. The van der Waals surface area contributed by atoms with E-state index in [1.807, 2.05) is 16.8 Å². The van der Waals surface area contributed by atoms with E-state index in [4.69, 9.17) is 0 Å². The van der Waals surface area contributed by atoms with Gasteiger partial charge in [-0.05, 0) is 35.2 Å². The Bertz CT molecular complexity index is 644. The molecule has 1 aliphatic heterocycles. The zero-order valence-electron chi connectivity index (χ0n) is 11.0. The quantitative estimate of drug-likeness (QED) is 0.874. The standard InChI is InChI=1S/C13H16N4O2S/c18-12(7-9-4-6-20-8-9)14-10-1-2-11-15-16-13(19)17(11)5-3-10/h4,6,8,10H,1-3,5,7H2,(H,14,18)(H,16,19). The maximum absolute atomic E-state index is 12.0. The van der Waals surface area contributed by atoms with Gasteiger partial charge in [0.1, 0.15) is 5.82 Å². The van der Waals surface area contributed by atoms with Crippen molar-refractivity contribution in [1.29, 1.82) is 0 Å². The Morgan fingerprint density at radius 3 is 3.25 bits per heavy atom. The predicted molar refractivity (Wildman–Crippen MR) is 75.7 cm³/mol. The van der Waals surface area contributed by atoms with Crippen molar-refractivity contribution in [2.24, 2.45) is 0 Å². The van der Waals surface area contributed by atoms with Gasteiger partial charge in [0, 0.05) is 19.0 Å². The zero-order valence-corrected chi connectivity index (χ0v) is 11.8. The first kappa shape index (κ1) is 13.1. The van der Waals surface area contributed by atoms with Gasteiger partial charge in [0.25, 0.3) is 0 Å². The average Bonchev–Trinajstić information content (AvgIpc) is 2.98. The van der Waals surface area contributed by atoms with Crippen LogP contribution in [0, 0.1) is 0 Å². The van der Waals surface area contributed by atoms with E-state index in [-0.39, 0.29) is 17.6 Å². The van der Waals surface area contributed by atoms with Gasteiger partial charge in [0.2, 0.25) is 5.91 Å². The van der Waals surface area contributed by atoms with Crippen LogP contribution >= 0.6 is 11.3 Å². The molecule has 1 amide bonds. The van der Waals surface area contributed by atoms with E-state index in [1.165, 1.54) is 0 Å². The molecule has 0 spiro atoms. The molecule has 7 heteroatoms. The van der Waals surface area contributed by atoms with Crippen molar-refractivity contribution in [3.63, 3.8) is 0 Å². The lowest BCUT2D eigenvalue weighted by atomic mass is 10.1. The smallest absolute Gasteiger partial charge is 0.343 e. The molecule has 0 bridgehead atoms. The molecule has 1 unspecified atom stereocenters. The number of nitrogens with one attached hydrogen (secondary N) is 2. The number of hydrogen-bond donors (Lipinski definition) is 2. The lowest BCUT2D eigenvalue weighted by Gasteiger charge is -2.15. The summed E-state index contributed by atoms with van der Waals surface area (Å²) in [5, 5.41) is 13.5. The van der Waals surface area contributed by atoms with Crippen molar-refractivity contribution >= 4 is 17.2 Å². The molecular formula is C13H16N4O2S. The Morgan fingerprint density at radius 1 is 1.55 bits per heavy atom. The predicted octanol–water partition coefficient (Wildman–Crippen LogP) is 0.697. The van der Waals surface area contributed by atoms with Crippen LogP contribution in [-0.4, -0.2) is 26.7 Å². The Morgan fingerprint density at radius 2 is 2.45 bits per heavy atom. The number of H-pyrrole nitrogens is 1. The van der Waals surface area contributed by atoms with Crippen molar-refractivity contribution in [3.05, 3.63) is 38.7 Å². The molecule has 3 rings (SSSR count). The van der Waals surface area contributed by atoms with Gasteiger partial charge in [-0.2, -0.15) is 16.4 Å². The van der Waals surface area contributed by atoms with Gasteiger partial charge in [-0.15, -0.1) is 0 Å². The van der Waals surface area contributed by atoms with E-state index in [0.29, 0.717) is 19.4 Å². The van der Waals surface area contributed by atoms with E-state index in [9.17, 15) is 9.59 Å². The molecular weight excluding hydrogens is 276 g/mol. The van der Waals surface area contributed by atoms with Crippen molar-refractivity contribution in [2.75, 3.05) is 0 Å². The first-order chi connectivity index (χ1) is 9.72. The number of rotatable bonds is 3. The molecule has 6 nitrogen and oxygen atoms in total. The van der Waals surface area contributed by atoms with Crippen molar-refractivity contribution in [1.82, 2.24) is 20.1 Å². The first-order valence-corrected chi connectivity index (χ1v) is 7.61. The average molecular weight is 292 g/mol. The van der Waals surface area contributed by atoms with Crippen molar-refractivity contribution in [3.8, 4) is 0 Å². The molecule has 0 radical (unpaired) electrons. The van der Waals surface area contributed by atoms with Crippen LogP contribution in [0.1, 0.15) is 24.2 Å². The van der Waals surface area contributed by atoms with Crippen molar-refractivity contribution in [2.45, 2.75) is 38.3 Å². The Balaban J connectivity index is 1.57. The highest BCUT2D eigenvalue weighted by atomic mass is 32.1. The summed E-state index contributed by atoms with van der Waals surface area (Å²) in [5.41, 5.74) is 0.885. The molecule has 3 heterocycles. The third-order valence-corrected chi connectivity index (χ3v) is 4.30. The third-order valence-electron chi connectivity index (χ3n) is 3.56. The van der Waals surface area contributed by atoms with Crippen LogP contribution in [0.3, 0.4) is 0 Å². The van der Waals surface area contributed by atoms with E-state index in [1.54, 1.807) is 15.9 Å². The van der Waals surface area contributed by atoms with Gasteiger partial charge in [0.15, 0.2) is 0 Å². The molecule has 1 aliphatic rings. The highest BCUT2D eigenvalue weighted by Gasteiger charge is 2.20. The number of hydrogen-bond acceptors (Lipinski definition) is 4. The summed E-state index contributed by atoms with van der Waals surface area (Å²) in [6.07, 6.45) is 2.72. The van der Waals surface area contributed by atoms with Crippen LogP contribution in [0.15, 0.2) is 21.6 Å². The second kappa shape index (κ2) is 5.62. The largest absolute Gasteiger partial charge is 0.353 e. The topological polar surface area (TPSA) is 79.8 Å². The minimum Gasteiger partial charge on any atom is -0.353 e. The Kier molecular flexibility index (Phi) is 3.68. The summed E-state index contributed by atoms with van der Waals surface area (Å²) in [5.74, 6) is 0.825. The number of aryl methyl sites for hydroxylation is 1. The van der Waals surface area contributed by atoms with Gasteiger partial charge >= 0.3 is 5.69 Å². The molecule has 2 aromatic rings. The van der Waals surface area contributed by atoms with E-state index >= 15 is 0 Å². The van der Waals surface area contributed by atoms with Crippen molar-refractivity contribution < 1.29 is 4.79 Å². The second-order valence-electron chi connectivity index (χ2n) is 5.00. The molecule has 0 saturated heterocycles. The van der Waals surface area contributed by atoms with Crippen LogP contribution < -0.4 is 11.0 Å². The maximum atomic E-state index is 12.0. The number of carbonyl (C=O) groups is 1. The molecule has 0 aromatic carbocycles. The lowest BCUT2D eigenvalue weighted by Crippen LogP contribution is -2.36. The zero-order chi connectivity index (χ0) is 13.9. The molecule has 106 valence electrons. The fourth-order valence-corrected chi connectivity index (χ4v) is 3.17. The van der Waals surface area contributed by atoms with Crippen LogP contribution in [0.5, 0.6) is 0 Å². The number of carbonyl (C=O) groups excluding carboxylic acids is 1. The minimum absolute atomic E-state index is 0.0434. The van der Waals surface area contributed by atoms with Crippen LogP contribution in [0.25, 0.3) is 0 Å². The SMILES string of the molecule is O=C(Cc1ccsc1)NC1CCc2n[nH]c(=O)n2CC1. The number of nitrogens with zero attached hydrogens (tertiary/aromatic N) is 2. The van der Waals surface area contributed by atoms with Gasteiger partial charge in [0.05, 0.1) is 6.42 Å². The van der Waals surface area contributed by atoms with E-state index in [0.717, 1.165) is 24.2 Å². The monoisotopic (exact) mass is 292 g/mol. The highest BCUT2D eigenvalue weighted by Crippen LogP contribution is 2.12. The van der Waals surface area contributed by atoms with Gasteiger partial charge in [-0.25, -0.2) is 9.89 Å². The summed E-state index contributed by atoms with van der Waals surface area (Å²) < 4.78 is 1.66. The molecule has 0 saturated carbocycles. The summed E-state index contributed by atoms with van der Waals surface area (Å²) in [6.45, 7) is 0.605. The molecule has 1 atom stereocenters. The lowest BCUT2D eigenvalue weighted by molar-refractivity contribution is -0.121. The number of aromatic amines is 1. The molecule has 20 heavy (non-hydrogen) atoms. The fourth-order valence-electron chi connectivity index (χ4n) is 2.51. The van der Waals surface area contributed by atoms with E-state index < -0.39 is 0 Å². The summed E-state index contributed by atoms with van der Waals surface area (Å²) >= 11 is 1.60. The first-order valence-electron chi connectivity index (χ1n) is 6.67. The second-order valence-corrected chi connectivity index (χ2v) is 5.78. The number of amides is 1. The minimum atomic E-state index is -0.162. The summed E-state index contributed by atoms with van der Waals surface area (Å²) in [7, 11) is 0. The highest BCUT2D eigenvalue weighted by molar-refractivity contribution is 7.07. The van der Waals surface area contributed by atoms with Crippen LogP contribution in [-0.2, 0) is 24.2 Å². The molecule has 0 aliphatic carbocycles. The number of aromatic nitrogens is 3. The number of fused-ring (bicyclic) bond motifs is 1. The summed E-state index contributed by atoms with van der Waals surface area (Å²) in [4.78, 5) is 23.5. The van der Waals surface area contributed by atoms with Crippen LogP contribution in [0.4, 0.5) is 0 Å². The third kappa shape index (κ3) is 2.82. The van der Waals surface area contributed by atoms with Gasteiger partial charge in [-0.3, -0.25) is 9.36 Å². The number of thiophene rings is 1. The fraction of sp³-hybridized carbons (Fsp3) is 0.462.